The number of hydrogen-bond acceptors (Lipinski definition) is 2. The van der Waals surface area contributed by atoms with Crippen LogP contribution in [0.15, 0.2) is 34.7 Å². The summed E-state index contributed by atoms with van der Waals surface area (Å²) in [6.45, 7) is 9.42. The Kier molecular flexibility index (Phi) is 6.51. The van der Waals surface area contributed by atoms with E-state index >= 15 is 0 Å². The van der Waals surface area contributed by atoms with E-state index in [2.05, 4.69) is 52.0 Å². The summed E-state index contributed by atoms with van der Waals surface area (Å²) in [6, 6.07) is 8.83. The summed E-state index contributed by atoms with van der Waals surface area (Å²) in [7, 11) is 0. The minimum atomic E-state index is 0.636. The van der Waals surface area contributed by atoms with Crippen molar-refractivity contribution in [1.29, 1.82) is 0 Å². The third-order valence-corrected chi connectivity index (χ3v) is 4.24. The Morgan fingerprint density at radius 3 is 2.28 bits per heavy atom. The van der Waals surface area contributed by atoms with Crippen LogP contribution in [0.5, 0.6) is 0 Å². The van der Waals surface area contributed by atoms with Gasteiger partial charge in [-0.2, -0.15) is 0 Å². The lowest BCUT2D eigenvalue weighted by Crippen LogP contribution is -2.01. The van der Waals surface area contributed by atoms with Gasteiger partial charge in [0.05, 0.1) is 0 Å². The van der Waals surface area contributed by atoms with Crippen LogP contribution in [0, 0.1) is 5.92 Å². The van der Waals surface area contributed by atoms with Crippen molar-refractivity contribution < 1.29 is 0 Å². The van der Waals surface area contributed by atoms with E-state index in [1.54, 1.807) is 0 Å². The van der Waals surface area contributed by atoms with Crippen LogP contribution < -0.4 is 5.73 Å². The van der Waals surface area contributed by atoms with Gasteiger partial charge in [-0.25, -0.2) is 0 Å². The van der Waals surface area contributed by atoms with E-state index < -0.39 is 0 Å². The smallest absolute Gasteiger partial charge is 0.0140 e. The van der Waals surface area contributed by atoms with Crippen molar-refractivity contribution in [2.45, 2.75) is 39.0 Å². The van der Waals surface area contributed by atoms with Gasteiger partial charge in [-0.1, -0.05) is 31.6 Å². The molecule has 0 heterocycles. The highest BCUT2D eigenvalue weighted by Crippen LogP contribution is 2.24. The zero-order valence-electron chi connectivity index (χ0n) is 12.0. The van der Waals surface area contributed by atoms with Gasteiger partial charge in [0.15, 0.2) is 0 Å². The third-order valence-electron chi connectivity index (χ3n) is 3.20. The molecular formula is C16H25NS. The fraction of sp³-hybridized carbons (Fsp3) is 0.500. The molecule has 0 fully saturated rings. The van der Waals surface area contributed by atoms with Crippen molar-refractivity contribution in [2.75, 3.05) is 12.3 Å². The molecule has 1 nitrogen and oxygen atoms in total. The van der Waals surface area contributed by atoms with Gasteiger partial charge in [-0.3, -0.25) is 0 Å². The SMILES string of the molecule is CC(CN)=C(C)c1ccc(SCCC(C)C)cc1. The number of nitrogens with two attached hydrogens (primary N) is 1. The second-order valence-electron chi connectivity index (χ2n) is 5.16. The molecule has 1 rings (SSSR count). The van der Waals surface area contributed by atoms with Crippen molar-refractivity contribution >= 4 is 17.3 Å². The Labute approximate surface area is 116 Å². The van der Waals surface area contributed by atoms with Crippen LogP contribution in [0.1, 0.15) is 39.7 Å². The highest BCUT2D eigenvalue weighted by atomic mass is 32.2. The predicted octanol–water partition coefficient (Wildman–Crippen LogP) is 4.58. The molecule has 2 N–H and O–H groups in total. The first-order valence-electron chi connectivity index (χ1n) is 6.64. The Bertz CT molecular complexity index is 390. The van der Waals surface area contributed by atoms with Gasteiger partial charge in [0.1, 0.15) is 0 Å². The molecule has 0 amide bonds. The fourth-order valence-corrected chi connectivity index (χ4v) is 2.77. The molecule has 0 aliphatic carbocycles. The number of benzene rings is 1. The Balaban J connectivity index is 2.63. The second kappa shape index (κ2) is 7.65. The fourth-order valence-electron chi connectivity index (χ4n) is 1.61. The molecule has 100 valence electrons. The van der Waals surface area contributed by atoms with E-state index in [-0.39, 0.29) is 0 Å². The van der Waals surface area contributed by atoms with Crippen LogP contribution in [0.4, 0.5) is 0 Å². The molecule has 0 aliphatic rings. The molecule has 0 atom stereocenters. The average Bonchev–Trinajstić information content (AvgIpc) is 2.37. The number of hydrogen-bond donors (Lipinski definition) is 1. The molecule has 1 aromatic rings. The quantitative estimate of drug-likeness (QED) is 0.760. The number of rotatable bonds is 6. The van der Waals surface area contributed by atoms with Crippen molar-refractivity contribution in [3.63, 3.8) is 0 Å². The lowest BCUT2D eigenvalue weighted by atomic mass is 10.0. The van der Waals surface area contributed by atoms with Gasteiger partial charge in [-0.15, -0.1) is 11.8 Å². The zero-order chi connectivity index (χ0) is 13.5. The topological polar surface area (TPSA) is 26.0 Å². The predicted molar refractivity (Wildman–Crippen MR) is 83.9 cm³/mol. The third kappa shape index (κ3) is 4.87. The second-order valence-corrected chi connectivity index (χ2v) is 6.33. The molecule has 2 heteroatoms. The lowest BCUT2D eigenvalue weighted by Gasteiger charge is -2.08. The Hall–Kier alpha value is -0.730. The van der Waals surface area contributed by atoms with Crippen LogP contribution >= 0.6 is 11.8 Å². The summed E-state index contributed by atoms with van der Waals surface area (Å²) >= 11 is 1.94. The highest BCUT2D eigenvalue weighted by molar-refractivity contribution is 7.99. The van der Waals surface area contributed by atoms with E-state index in [4.69, 9.17) is 5.73 Å². The summed E-state index contributed by atoms with van der Waals surface area (Å²) in [6.07, 6.45) is 1.28. The molecule has 0 spiro atoms. The van der Waals surface area contributed by atoms with Crippen LogP contribution in [-0.4, -0.2) is 12.3 Å². The molecule has 0 unspecified atom stereocenters. The molecule has 1 aromatic carbocycles. The molecule has 0 radical (unpaired) electrons. The molecule has 0 aliphatic heterocycles. The van der Waals surface area contributed by atoms with E-state index in [0.29, 0.717) is 6.54 Å². The monoisotopic (exact) mass is 263 g/mol. The van der Waals surface area contributed by atoms with Gasteiger partial charge in [0, 0.05) is 11.4 Å². The van der Waals surface area contributed by atoms with E-state index in [1.165, 1.54) is 33.8 Å². The summed E-state index contributed by atoms with van der Waals surface area (Å²) in [4.78, 5) is 1.36. The highest BCUT2D eigenvalue weighted by Gasteiger charge is 2.01. The number of allylic oxidation sites excluding steroid dienone is 1. The Morgan fingerprint density at radius 2 is 1.78 bits per heavy atom. The van der Waals surface area contributed by atoms with E-state index in [9.17, 15) is 0 Å². The molecule has 0 saturated heterocycles. The van der Waals surface area contributed by atoms with Gasteiger partial charge in [0.2, 0.25) is 0 Å². The van der Waals surface area contributed by atoms with Crippen molar-refractivity contribution in [3.05, 3.63) is 35.4 Å². The molecule has 0 aromatic heterocycles. The van der Waals surface area contributed by atoms with E-state index in [1.807, 2.05) is 11.8 Å². The summed E-state index contributed by atoms with van der Waals surface area (Å²) in [5.41, 5.74) is 9.52. The van der Waals surface area contributed by atoms with Gasteiger partial charge in [0.25, 0.3) is 0 Å². The largest absolute Gasteiger partial charge is 0.327 e. The van der Waals surface area contributed by atoms with Crippen LogP contribution in [0.2, 0.25) is 0 Å². The minimum absolute atomic E-state index is 0.636. The molecule has 0 saturated carbocycles. The zero-order valence-corrected chi connectivity index (χ0v) is 12.8. The first kappa shape index (κ1) is 15.3. The Morgan fingerprint density at radius 1 is 1.17 bits per heavy atom. The summed E-state index contributed by atoms with van der Waals surface area (Å²) < 4.78 is 0. The van der Waals surface area contributed by atoms with Gasteiger partial charge in [-0.05, 0) is 55.2 Å². The number of thioether (sulfide) groups is 1. The van der Waals surface area contributed by atoms with Crippen molar-refractivity contribution in [1.82, 2.24) is 0 Å². The van der Waals surface area contributed by atoms with Crippen LogP contribution in [0.25, 0.3) is 5.57 Å². The maximum atomic E-state index is 5.67. The van der Waals surface area contributed by atoms with Crippen molar-refractivity contribution in [3.8, 4) is 0 Å². The van der Waals surface area contributed by atoms with Gasteiger partial charge >= 0.3 is 0 Å². The maximum Gasteiger partial charge on any atom is 0.0140 e. The average molecular weight is 263 g/mol. The van der Waals surface area contributed by atoms with Crippen LogP contribution in [0.3, 0.4) is 0 Å². The summed E-state index contributed by atoms with van der Waals surface area (Å²) in [5.74, 6) is 1.99. The molecule has 0 bridgehead atoms. The first-order valence-corrected chi connectivity index (χ1v) is 7.62. The standard InChI is InChI=1S/C16H25NS/c1-12(2)9-10-18-16-7-5-15(6-8-16)14(4)13(3)11-17/h5-8,12H,9-11,17H2,1-4H3. The molecule has 18 heavy (non-hydrogen) atoms. The molecular weight excluding hydrogens is 238 g/mol. The normalized spacial score (nSPS) is 12.8. The maximum absolute atomic E-state index is 5.67. The first-order chi connectivity index (χ1) is 8.54. The lowest BCUT2D eigenvalue weighted by molar-refractivity contribution is 0.632. The van der Waals surface area contributed by atoms with Gasteiger partial charge < -0.3 is 5.73 Å². The summed E-state index contributed by atoms with van der Waals surface area (Å²) in [5, 5.41) is 0. The minimum Gasteiger partial charge on any atom is -0.327 e. The van der Waals surface area contributed by atoms with E-state index in [0.717, 1.165) is 5.92 Å². The van der Waals surface area contributed by atoms with Crippen LogP contribution in [-0.2, 0) is 0 Å². The van der Waals surface area contributed by atoms with Crippen molar-refractivity contribution in [2.24, 2.45) is 11.7 Å².